The second kappa shape index (κ2) is 12.0. The number of hydrogen-bond acceptors (Lipinski definition) is 4. The molecule has 0 spiro atoms. The molecule has 1 aromatic carbocycles. The smallest absolute Gasteiger partial charge is 0.194 e. The van der Waals surface area contributed by atoms with Gasteiger partial charge in [0, 0.05) is 20.1 Å². The molecule has 0 aliphatic carbocycles. The molecule has 1 aromatic heterocycles. The SMILES string of the molecule is CCNC(=NCC(C)Oc1ccccc1OC)N(C)Cc1ccsc1.I. The lowest BCUT2D eigenvalue weighted by atomic mass is 10.3. The summed E-state index contributed by atoms with van der Waals surface area (Å²) in [5.41, 5.74) is 1.29. The van der Waals surface area contributed by atoms with E-state index in [-0.39, 0.29) is 30.1 Å². The van der Waals surface area contributed by atoms with Crippen LogP contribution in [0.25, 0.3) is 0 Å². The lowest BCUT2D eigenvalue weighted by Crippen LogP contribution is -2.39. The molecule has 0 radical (unpaired) electrons. The van der Waals surface area contributed by atoms with Crippen molar-refractivity contribution in [1.82, 2.24) is 10.2 Å². The maximum atomic E-state index is 5.97. The first-order valence-electron chi connectivity index (χ1n) is 8.44. The highest BCUT2D eigenvalue weighted by molar-refractivity contribution is 14.0. The Balaban J connectivity index is 0.00000338. The topological polar surface area (TPSA) is 46.1 Å². The van der Waals surface area contributed by atoms with Gasteiger partial charge in [-0.1, -0.05) is 12.1 Å². The second-order valence-electron chi connectivity index (χ2n) is 5.76. The van der Waals surface area contributed by atoms with Crippen LogP contribution in [0.5, 0.6) is 11.5 Å². The minimum Gasteiger partial charge on any atom is -0.493 e. The van der Waals surface area contributed by atoms with E-state index in [1.807, 2.05) is 38.2 Å². The van der Waals surface area contributed by atoms with Crippen molar-refractivity contribution in [1.29, 1.82) is 0 Å². The summed E-state index contributed by atoms with van der Waals surface area (Å²) in [4.78, 5) is 6.84. The molecule has 0 aliphatic heterocycles. The van der Waals surface area contributed by atoms with Crippen LogP contribution in [0, 0.1) is 0 Å². The molecule has 26 heavy (non-hydrogen) atoms. The molecule has 0 saturated carbocycles. The van der Waals surface area contributed by atoms with E-state index in [0.717, 1.165) is 30.5 Å². The molecule has 1 heterocycles. The summed E-state index contributed by atoms with van der Waals surface area (Å²) < 4.78 is 11.3. The summed E-state index contributed by atoms with van der Waals surface area (Å²) >= 11 is 1.71. The zero-order chi connectivity index (χ0) is 18.1. The first-order valence-corrected chi connectivity index (χ1v) is 9.38. The van der Waals surface area contributed by atoms with Crippen LogP contribution in [0.1, 0.15) is 19.4 Å². The Kier molecular flexibility index (Phi) is 10.4. The van der Waals surface area contributed by atoms with E-state index in [1.54, 1.807) is 18.4 Å². The first-order chi connectivity index (χ1) is 12.1. The fraction of sp³-hybridized carbons (Fsp3) is 0.421. The van der Waals surface area contributed by atoms with Crippen molar-refractivity contribution in [3.05, 3.63) is 46.7 Å². The maximum absolute atomic E-state index is 5.97. The molecule has 0 bridgehead atoms. The van der Waals surface area contributed by atoms with Crippen LogP contribution >= 0.6 is 35.3 Å². The van der Waals surface area contributed by atoms with Gasteiger partial charge in [-0.3, -0.25) is 0 Å². The highest BCUT2D eigenvalue weighted by Crippen LogP contribution is 2.26. The Hall–Kier alpha value is -1.48. The van der Waals surface area contributed by atoms with Gasteiger partial charge < -0.3 is 19.7 Å². The molecule has 2 rings (SSSR count). The third kappa shape index (κ3) is 7.03. The van der Waals surface area contributed by atoms with Gasteiger partial charge in [0.15, 0.2) is 17.5 Å². The van der Waals surface area contributed by atoms with E-state index in [1.165, 1.54) is 5.56 Å². The van der Waals surface area contributed by atoms with Gasteiger partial charge in [0.2, 0.25) is 0 Å². The Morgan fingerprint density at radius 3 is 2.62 bits per heavy atom. The average molecular weight is 489 g/mol. The Bertz CT molecular complexity index is 665. The molecule has 0 saturated heterocycles. The van der Waals surface area contributed by atoms with Crippen LogP contribution < -0.4 is 14.8 Å². The van der Waals surface area contributed by atoms with Gasteiger partial charge in [0.25, 0.3) is 0 Å². The normalized spacial score (nSPS) is 12.1. The van der Waals surface area contributed by atoms with E-state index in [9.17, 15) is 0 Å². The van der Waals surface area contributed by atoms with Crippen LogP contribution in [0.15, 0.2) is 46.1 Å². The summed E-state index contributed by atoms with van der Waals surface area (Å²) in [6.07, 6.45) is -0.0560. The van der Waals surface area contributed by atoms with Gasteiger partial charge in [-0.05, 0) is 48.4 Å². The molecule has 2 aromatic rings. The molecular formula is C19H28IN3O2S. The van der Waals surface area contributed by atoms with E-state index in [2.05, 4.69) is 34.0 Å². The number of guanidine groups is 1. The lowest BCUT2D eigenvalue weighted by Gasteiger charge is -2.22. The number of rotatable bonds is 8. The molecule has 0 amide bonds. The third-order valence-electron chi connectivity index (χ3n) is 3.59. The number of halogens is 1. The first kappa shape index (κ1) is 22.6. The maximum Gasteiger partial charge on any atom is 0.194 e. The van der Waals surface area contributed by atoms with Crippen molar-refractivity contribution >= 4 is 41.3 Å². The predicted octanol–water partition coefficient (Wildman–Crippen LogP) is 4.24. The number of aliphatic imine (C=N–C) groups is 1. The van der Waals surface area contributed by atoms with Gasteiger partial charge in [-0.25, -0.2) is 4.99 Å². The molecule has 0 aliphatic rings. The second-order valence-corrected chi connectivity index (χ2v) is 6.54. The van der Waals surface area contributed by atoms with Crippen LogP contribution in [-0.4, -0.2) is 44.2 Å². The lowest BCUT2D eigenvalue weighted by molar-refractivity contribution is 0.219. The van der Waals surface area contributed by atoms with Gasteiger partial charge in [-0.15, -0.1) is 24.0 Å². The Labute approximate surface area is 177 Å². The van der Waals surface area contributed by atoms with Crippen molar-refractivity contribution in [2.75, 3.05) is 27.2 Å². The Morgan fingerprint density at radius 1 is 1.27 bits per heavy atom. The summed E-state index contributed by atoms with van der Waals surface area (Å²) in [5.74, 6) is 2.35. The van der Waals surface area contributed by atoms with Gasteiger partial charge >= 0.3 is 0 Å². The number of benzene rings is 1. The van der Waals surface area contributed by atoms with Gasteiger partial charge in [0.1, 0.15) is 6.10 Å². The largest absolute Gasteiger partial charge is 0.493 e. The van der Waals surface area contributed by atoms with Crippen LogP contribution in [0.3, 0.4) is 0 Å². The van der Waals surface area contributed by atoms with E-state index >= 15 is 0 Å². The molecule has 5 nitrogen and oxygen atoms in total. The molecule has 1 N–H and O–H groups in total. The summed E-state index contributed by atoms with van der Waals surface area (Å²) in [5, 5.41) is 7.59. The number of hydrogen-bond donors (Lipinski definition) is 1. The zero-order valence-corrected chi connectivity index (χ0v) is 18.9. The molecular weight excluding hydrogens is 461 g/mol. The van der Waals surface area contributed by atoms with Crippen molar-refractivity contribution in [2.45, 2.75) is 26.5 Å². The third-order valence-corrected chi connectivity index (χ3v) is 4.32. The number of nitrogens with one attached hydrogen (secondary N) is 1. The van der Waals surface area contributed by atoms with Crippen molar-refractivity contribution in [3.8, 4) is 11.5 Å². The molecule has 144 valence electrons. The standard InChI is InChI=1S/C19H27N3O2S.HI/c1-5-20-19(22(3)13-16-10-11-25-14-16)21-12-15(2)24-18-9-7-6-8-17(18)23-4;/h6-11,14-15H,5,12-13H2,1-4H3,(H,20,21);1H. The zero-order valence-electron chi connectivity index (χ0n) is 15.8. The molecule has 7 heteroatoms. The highest BCUT2D eigenvalue weighted by Gasteiger charge is 2.11. The number of methoxy groups -OCH3 is 1. The van der Waals surface area contributed by atoms with Gasteiger partial charge in [-0.2, -0.15) is 11.3 Å². The monoisotopic (exact) mass is 489 g/mol. The molecule has 0 fully saturated rings. The molecule has 1 atom stereocenters. The Morgan fingerprint density at radius 2 is 2.00 bits per heavy atom. The fourth-order valence-electron chi connectivity index (χ4n) is 2.39. The van der Waals surface area contributed by atoms with E-state index < -0.39 is 0 Å². The number of nitrogens with zero attached hydrogens (tertiary/aromatic N) is 2. The quantitative estimate of drug-likeness (QED) is 0.343. The fourth-order valence-corrected chi connectivity index (χ4v) is 3.05. The average Bonchev–Trinajstić information content (AvgIpc) is 3.12. The predicted molar refractivity (Wildman–Crippen MR) is 120 cm³/mol. The van der Waals surface area contributed by atoms with Crippen molar-refractivity contribution in [3.63, 3.8) is 0 Å². The number of thiophene rings is 1. The van der Waals surface area contributed by atoms with Crippen molar-refractivity contribution in [2.24, 2.45) is 4.99 Å². The van der Waals surface area contributed by atoms with E-state index in [4.69, 9.17) is 14.5 Å². The highest BCUT2D eigenvalue weighted by atomic mass is 127. The number of para-hydroxylation sites is 2. The molecule has 1 unspecified atom stereocenters. The minimum atomic E-state index is -0.0560. The van der Waals surface area contributed by atoms with Crippen LogP contribution in [0.2, 0.25) is 0 Å². The summed E-state index contributed by atoms with van der Waals surface area (Å²) in [6, 6.07) is 9.80. The summed E-state index contributed by atoms with van der Waals surface area (Å²) in [7, 11) is 3.69. The number of ether oxygens (including phenoxy) is 2. The van der Waals surface area contributed by atoms with Crippen molar-refractivity contribution < 1.29 is 9.47 Å². The van der Waals surface area contributed by atoms with Crippen LogP contribution in [-0.2, 0) is 6.54 Å². The van der Waals surface area contributed by atoms with Crippen LogP contribution in [0.4, 0.5) is 0 Å². The summed E-state index contributed by atoms with van der Waals surface area (Å²) in [6.45, 7) is 6.31. The minimum absolute atomic E-state index is 0. The van der Waals surface area contributed by atoms with Gasteiger partial charge in [0.05, 0.1) is 13.7 Å². The van der Waals surface area contributed by atoms with E-state index in [0.29, 0.717) is 6.54 Å².